The Morgan fingerprint density at radius 2 is 1.81 bits per heavy atom. The fourth-order valence-corrected chi connectivity index (χ4v) is 2.33. The summed E-state index contributed by atoms with van der Waals surface area (Å²) in [5.41, 5.74) is 1.14. The average molecular weight is 501 g/mol. The van der Waals surface area contributed by atoms with Gasteiger partial charge in [0.25, 0.3) is 0 Å². The number of guanidine groups is 1. The Labute approximate surface area is 177 Å². The van der Waals surface area contributed by atoms with Crippen LogP contribution in [0.3, 0.4) is 0 Å². The lowest BCUT2D eigenvalue weighted by Crippen LogP contribution is -2.38. The predicted molar refractivity (Wildman–Crippen MR) is 115 cm³/mol. The van der Waals surface area contributed by atoms with Gasteiger partial charge in [-0.15, -0.1) is 24.0 Å². The van der Waals surface area contributed by atoms with Crippen molar-refractivity contribution in [2.75, 3.05) is 26.2 Å². The van der Waals surface area contributed by atoms with Crippen molar-refractivity contribution in [1.29, 1.82) is 0 Å². The molecule has 0 amide bonds. The minimum absolute atomic E-state index is 0. The second kappa shape index (κ2) is 15.0. The largest absolute Gasteiger partial charge is 0.389 e. The summed E-state index contributed by atoms with van der Waals surface area (Å²) in [6, 6.07) is 10.0. The molecule has 156 valence electrons. The number of nitrogens with zero attached hydrogens (tertiary/aromatic N) is 1. The number of benzene rings is 1. The van der Waals surface area contributed by atoms with Gasteiger partial charge in [0.05, 0.1) is 6.10 Å². The third-order valence-electron chi connectivity index (χ3n) is 3.73. The lowest BCUT2D eigenvalue weighted by molar-refractivity contribution is -0.135. The van der Waals surface area contributed by atoms with E-state index < -0.39 is 12.6 Å². The molecule has 1 rings (SSSR count). The van der Waals surface area contributed by atoms with Crippen molar-refractivity contribution < 1.29 is 17.9 Å². The monoisotopic (exact) mass is 501 g/mol. The molecule has 27 heavy (non-hydrogen) atoms. The minimum Gasteiger partial charge on any atom is -0.374 e. The highest BCUT2D eigenvalue weighted by Crippen LogP contribution is 2.21. The SMILES string of the molecule is CCNC(=NCCCOC(C)c1ccccc1)NCCCCC(F)(F)F.I. The van der Waals surface area contributed by atoms with Crippen LogP contribution in [0.5, 0.6) is 0 Å². The third kappa shape index (κ3) is 13.7. The zero-order valence-electron chi connectivity index (χ0n) is 16.0. The summed E-state index contributed by atoms with van der Waals surface area (Å²) in [4.78, 5) is 4.42. The standard InChI is InChI=1S/C19H30F3N3O.HI/c1-3-23-18(24-13-8-7-12-19(20,21)22)25-14-9-15-26-16(2)17-10-5-4-6-11-17;/h4-6,10-11,16H,3,7-9,12-15H2,1-2H3,(H2,23,24,25);1H. The van der Waals surface area contributed by atoms with Gasteiger partial charge in [0.15, 0.2) is 5.96 Å². The molecule has 0 aromatic heterocycles. The van der Waals surface area contributed by atoms with Gasteiger partial charge in [0.2, 0.25) is 0 Å². The van der Waals surface area contributed by atoms with Crippen LogP contribution in [-0.2, 0) is 4.74 Å². The molecule has 0 fully saturated rings. The molecule has 4 nitrogen and oxygen atoms in total. The Hall–Kier alpha value is -1.03. The van der Waals surface area contributed by atoms with Crippen molar-refractivity contribution in [3.63, 3.8) is 0 Å². The number of hydrogen-bond acceptors (Lipinski definition) is 2. The van der Waals surface area contributed by atoms with E-state index in [9.17, 15) is 13.2 Å². The van der Waals surface area contributed by atoms with Crippen molar-refractivity contribution in [3.05, 3.63) is 35.9 Å². The zero-order valence-corrected chi connectivity index (χ0v) is 18.3. The molecule has 1 atom stereocenters. The molecular formula is C19H31F3IN3O. The number of alkyl halides is 3. The minimum atomic E-state index is -4.07. The van der Waals surface area contributed by atoms with Crippen LogP contribution in [0.15, 0.2) is 35.3 Å². The van der Waals surface area contributed by atoms with Crippen LogP contribution in [0.2, 0.25) is 0 Å². The van der Waals surface area contributed by atoms with Gasteiger partial charge in [-0.2, -0.15) is 13.2 Å². The normalized spacial score (nSPS) is 13.0. The topological polar surface area (TPSA) is 45.7 Å². The smallest absolute Gasteiger partial charge is 0.374 e. The van der Waals surface area contributed by atoms with Gasteiger partial charge in [-0.3, -0.25) is 4.99 Å². The Bertz CT molecular complexity index is 513. The van der Waals surface area contributed by atoms with E-state index in [0.29, 0.717) is 38.6 Å². The fraction of sp³-hybridized carbons (Fsp3) is 0.632. The Kier molecular flexibility index (Phi) is 14.4. The van der Waals surface area contributed by atoms with E-state index in [4.69, 9.17) is 4.74 Å². The van der Waals surface area contributed by atoms with E-state index in [2.05, 4.69) is 15.6 Å². The van der Waals surface area contributed by atoms with Crippen LogP contribution < -0.4 is 10.6 Å². The highest BCUT2D eigenvalue weighted by molar-refractivity contribution is 14.0. The first-order valence-corrected chi connectivity index (χ1v) is 9.18. The molecule has 0 spiro atoms. The van der Waals surface area contributed by atoms with Crippen LogP contribution >= 0.6 is 24.0 Å². The van der Waals surface area contributed by atoms with Crippen LogP contribution in [0, 0.1) is 0 Å². The van der Waals surface area contributed by atoms with Crippen molar-refractivity contribution in [3.8, 4) is 0 Å². The van der Waals surface area contributed by atoms with E-state index >= 15 is 0 Å². The van der Waals surface area contributed by atoms with Crippen molar-refractivity contribution >= 4 is 29.9 Å². The molecule has 2 N–H and O–H groups in total. The average Bonchev–Trinajstić information content (AvgIpc) is 2.60. The van der Waals surface area contributed by atoms with Crippen LogP contribution in [0.1, 0.15) is 51.2 Å². The molecule has 1 unspecified atom stereocenters. The second-order valence-electron chi connectivity index (χ2n) is 6.04. The summed E-state index contributed by atoms with van der Waals surface area (Å²) in [6.45, 7) is 6.35. The molecular weight excluding hydrogens is 470 g/mol. The van der Waals surface area contributed by atoms with E-state index in [1.165, 1.54) is 0 Å². The fourth-order valence-electron chi connectivity index (χ4n) is 2.33. The molecule has 0 aliphatic carbocycles. The maximum Gasteiger partial charge on any atom is 0.389 e. The molecule has 1 aromatic rings. The van der Waals surface area contributed by atoms with E-state index in [1.807, 2.05) is 44.2 Å². The molecule has 0 saturated carbocycles. The Balaban J connectivity index is 0.00000676. The number of hydrogen-bond donors (Lipinski definition) is 2. The lowest BCUT2D eigenvalue weighted by Gasteiger charge is -2.13. The molecule has 0 heterocycles. The van der Waals surface area contributed by atoms with Gasteiger partial charge < -0.3 is 15.4 Å². The molecule has 0 radical (unpaired) electrons. The summed E-state index contributed by atoms with van der Waals surface area (Å²) in [5, 5.41) is 6.15. The van der Waals surface area contributed by atoms with Gasteiger partial charge in [-0.05, 0) is 38.7 Å². The van der Waals surface area contributed by atoms with Crippen molar-refractivity contribution in [2.45, 2.75) is 51.8 Å². The number of rotatable bonds is 11. The van der Waals surface area contributed by atoms with Gasteiger partial charge >= 0.3 is 6.18 Å². The van der Waals surface area contributed by atoms with Gasteiger partial charge in [0.1, 0.15) is 0 Å². The Morgan fingerprint density at radius 1 is 1.11 bits per heavy atom. The molecule has 0 aliphatic heterocycles. The van der Waals surface area contributed by atoms with Crippen molar-refractivity contribution in [2.24, 2.45) is 4.99 Å². The molecule has 0 saturated heterocycles. The number of nitrogens with one attached hydrogen (secondary N) is 2. The Morgan fingerprint density at radius 3 is 2.44 bits per heavy atom. The van der Waals surface area contributed by atoms with Gasteiger partial charge in [-0.25, -0.2) is 0 Å². The van der Waals surface area contributed by atoms with Crippen LogP contribution in [0.4, 0.5) is 13.2 Å². The van der Waals surface area contributed by atoms with E-state index in [-0.39, 0.29) is 36.5 Å². The quantitative estimate of drug-likeness (QED) is 0.193. The number of halogens is 4. The molecule has 0 aliphatic rings. The van der Waals surface area contributed by atoms with E-state index in [0.717, 1.165) is 12.0 Å². The third-order valence-corrected chi connectivity index (χ3v) is 3.73. The summed E-state index contributed by atoms with van der Waals surface area (Å²) < 4.78 is 42.1. The second-order valence-corrected chi connectivity index (χ2v) is 6.04. The van der Waals surface area contributed by atoms with Crippen molar-refractivity contribution in [1.82, 2.24) is 10.6 Å². The maximum atomic E-state index is 12.1. The van der Waals surface area contributed by atoms with Crippen LogP contribution in [0.25, 0.3) is 0 Å². The number of ether oxygens (including phenoxy) is 1. The summed E-state index contributed by atoms with van der Waals surface area (Å²) in [7, 11) is 0. The van der Waals surface area contributed by atoms with Gasteiger partial charge in [0, 0.05) is 32.7 Å². The van der Waals surface area contributed by atoms with E-state index in [1.54, 1.807) is 0 Å². The highest BCUT2D eigenvalue weighted by Gasteiger charge is 2.25. The maximum absolute atomic E-state index is 12.1. The predicted octanol–water partition coefficient (Wildman–Crippen LogP) is 5.06. The number of aliphatic imine (C=N–C) groups is 1. The molecule has 0 bridgehead atoms. The molecule has 1 aromatic carbocycles. The first kappa shape index (κ1) is 26.0. The summed E-state index contributed by atoms with van der Waals surface area (Å²) in [5.74, 6) is 0.635. The summed E-state index contributed by atoms with van der Waals surface area (Å²) in [6.07, 6.45) is -3.40. The first-order chi connectivity index (χ1) is 12.4. The first-order valence-electron chi connectivity index (χ1n) is 9.18. The lowest BCUT2D eigenvalue weighted by atomic mass is 10.1. The number of unbranched alkanes of at least 4 members (excludes halogenated alkanes) is 1. The molecule has 8 heteroatoms. The summed E-state index contributed by atoms with van der Waals surface area (Å²) >= 11 is 0. The highest BCUT2D eigenvalue weighted by atomic mass is 127. The van der Waals surface area contributed by atoms with Gasteiger partial charge in [-0.1, -0.05) is 30.3 Å². The zero-order chi connectivity index (χ0) is 19.3. The van der Waals surface area contributed by atoms with Crippen LogP contribution in [-0.4, -0.2) is 38.4 Å².